The molecule has 5 nitrogen and oxygen atoms in total. The lowest BCUT2D eigenvalue weighted by Gasteiger charge is -2.17. The average molecular weight is 391 g/mol. The highest BCUT2D eigenvalue weighted by atomic mass is 35.5. The van der Waals surface area contributed by atoms with Crippen LogP contribution in [0.2, 0.25) is 0 Å². The number of nitrogens with two attached hydrogens (primary N) is 1. The Balaban J connectivity index is 0.00000261. The van der Waals surface area contributed by atoms with Crippen molar-refractivity contribution in [3.8, 4) is 5.75 Å². The number of hydrogen-bond donors (Lipinski definition) is 2. The molecule has 3 N–H and O–H groups in total. The lowest BCUT2D eigenvalue weighted by Crippen LogP contribution is -2.30. The van der Waals surface area contributed by atoms with Crippen molar-refractivity contribution < 1.29 is 14.3 Å². The number of amides is 1. The molecule has 1 aliphatic heterocycles. The Kier molecular flexibility index (Phi) is 7.66. The summed E-state index contributed by atoms with van der Waals surface area (Å²) in [6.45, 7) is 4.42. The highest BCUT2D eigenvalue weighted by Crippen LogP contribution is 2.27. The molecule has 1 saturated heterocycles. The molecule has 1 amide bonds. The third-order valence-electron chi connectivity index (χ3n) is 4.70. The van der Waals surface area contributed by atoms with Crippen LogP contribution >= 0.6 is 12.4 Å². The maximum absolute atomic E-state index is 12.4. The van der Waals surface area contributed by atoms with E-state index in [-0.39, 0.29) is 30.5 Å². The lowest BCUT2D eigenvalue weighted by molar-refractivity contribution is -0.126. The average Bonchev–Trinajstić information content (AvgIpc) is 3.14. The fraction of sp³-hybridized carbons (Fsp3) is 0.381. The van der Waals surface area contributed by atoms with Crippen molar-refractivity contribution in [2.45, 2.75) is 45.0 Å². The molecule has 6 heteroatoms. The Morgan fingerprint density at radius 2 is 2.00 bits per heavy atom. The van der Waals surface area contributed by atoms with E-state index in [2.05, 4.69) is 5.32 Å². The minimum Gasteiger partial charge on any atom is -0.486 e. The van der Waals surface area contributed by atoms with Crippen LogP contribution in [0.5, 0.6) is 5.75 Å². The van der Waals surface area contributed by atoms with Gasteiger partial charge in [0.15, 0.2) is 0 Å². The number of nitrogens with one attached hydrogen (secondary N) is 1. The number of benzene rings is 2. The summed E-state index contributed by atoms with van der Waals surface area (Å²) in [6, 6.07) is 15.8. The molecule has 1 aliphatic rings. The van der Waals surface area contributed by atoms with Gasteiger partial charge in [-0.05, 0) is 56.0 Å². The largest absolute Gasteiger partial charge is 0.486 e. The van der Waals surface area contributed by atoms with Gasteiger partial charge in [-0.3, -0.25) is 4.79 Å². The van der Waals surface area contributed by atoms with Crippen LogP contribution in [0, 0.1) is 6.92 Å². The Bertz CT molecular complexity index is 754. The van der Waals surface area contributed by atoms with Gasteiger partial charge < -0.3 is 20.5 Å². The number of rotatable bonds is 6. The molecule has 27 heavy (non-hydrogen) atoms. The molecule has 3 rings (SSSR count). The zero-order valence-electron chi connectivity index (χ0n) is 15.7. The highest BCUT2D eigenvalue weighted by Gasteiger charge is 2.30. The molecule has 1 fully saturated rings. The number of carbonyl (C=O) groups is 1. The summed E-state index contributed by atoms with van der Waals surface area (Å²) in [6.07, 6.45) is 1.07. The molecule has 0 spiro atoms. The van der Waals surface area contributed by atoms with Gasteiger partial charge in [0.1, 0.15) is 18.0 Å². The Morgan fingerprint density at radius 3 is 2.63 bits per heavy atom. The molecule has 0 bridgehead atoms. The first-order valence-electron chi connectivity index (χ1n) is 9.05. The smallest absolute Gasteiger partial charge is 0.253 e. The number of carbonyl (C=O) groups excluding carboxylic acids is 1. The molecular weight excluding hydrogens is 364 g/mol. The van der Waals surface area contributed by atoms with E-state index in [1.54, 1.807) is 0 Å². The monoisotopic (exact) mass is 390 g/mol. The third kappa shape index (κ3) is 5.45. The van der Waals surface area contributed by atoms with Gasteiger partial charge in [0.2, 0.25) is 0 Å². The van der Waals surface area contributed by atoms with Crippen molar-refractivity contribution >= 4 is 24.0 Å². The molecule has 0 saturated carbocycles. The van der Waals surface area contributed by atoms with Crippen LogP contribution in [-0.4, -0.2) is 24.7 Å². The van der Waals surface area contributed by atoms with E-state index in [4.69, 9.17) is 15.2 Å². The molecule has 2 aromatic carbocycles. The SMILES string of the molecule is Cc1cc(OC(C)c2ccccc2)ccc1NC(=O)[C@@H]1CC[C@H](CN)O1.Cl. The first-order valence-corrected chi connectivity index (χ1v) is 9.05. The van der Waals surface area contributed by atoms with Crippen LogP contribution in [0.25, 0.3) is 0 Å². The molecule has 146 valence electrons. The van der Waals surface area contributed by atoms with Crippen LogP contribution in [0.4, 0.5) is 5.69 Å². The lowest BCUT2D eigenvalue weighted by atomic mass is 10.1. The first-order chi connectivity index (χ1) is 12.6. The van der Waals surface area contributed by atoms with Gasteiger partial charge in [0.05, 0.1) is 6.10 Å². The van der Waals surface area contributed by atoms with E-state index < -0.39 is 6.10 Å². The summed E-state index contributed by atoms with van der Waals surface area (Å²) in [4.78, 5) is 12.4. The number of ether oxygens (including phenoxy) is 2. The first kappa shape index (κ1) is 21.2. The Hall–Kier alpha value is -2.08. The third-order valence-corrected chi connectivity index (χ3v) is 4.70. The van der Waals surface area contributed by atoms with E-state index in [0.717, 1.165) is 29.0 Å². The summed E-state index contributed by atoms with van der Waals surface area (Å²) in [5, 5.41) is 2.95. The van der Waals surface area contributed by atoms with Crippen molar-refractivity contribution in [1.82, 2.24) is 0 Å². The maximum atomic E-state index is 12.4. The molecule has 0 aromatic heterocycles. The topological polar surface area (TPSA) is 73.6 Å². The minimum absolute atomic E-state index is 0. The fourth-order valence-corrected chi connectivity index (χ4v) is 3.13. The van der Waals surface area contributed by atoms with Crippen molar-refractivity contribution in [2.75, 3.05) is 11.9 Å². The van der Waals surface area contributed by atoms with Gasteiger partial charge in [-0.15, -0.1) is 12.4 Å². The molecule has 1 heterocycles. The number of anilines is 1. The predicted molar refractivity (Wildman–Crippen MR) is 109 cm³/mol. The van der Waals surface area contributed by atoms with E-state index in [1.807, 2.05) is 62.4 Å². The van der Waals surface area contributed by atoms with Crippen LogP contribution in [0.15, 0.2) is 48.5 Å². The summed E-state index contributed by atoms with van der Waals surface area (Å²) in [7, 11) is 0. The molecule has 0 aliphatic carbocycles. The van der Waals surface area contributed by atoms with E-state index in [9.17, 15) is 4.79 Å². The number of halogens is 1. The van der Waals surface area contributed by atoms with Crippen molar-refractivity contribution in [2.24, 2.45) is 5.73 Å². The van der Waals surface area contributed by atoms with Crippen molar-refractivity contribution in [3.05, 3.63) is 59.7 Å². The summed E-state index contributed by atoms with van der Waals surface area (Å²) in [5.74, 6) is 0.660. The van der Waals surface area contributed by atoms with Crippen LogP contribution in [-0.2, 0) is 9.53 Å². The second-order valence-electron chi connectivity index (χ2n) is 6.70. The Labute approximate surface area is 166 Å². The van der Waals surface area contributed by atoms with Gasteiger partial charge in [0.25, 0.3) is 5.91 Å². The Morgan fingerprint density at radius 1 is 1.26 bits per heavy atom. The number of hydrogen-bond acceptors (Lipinski definition) is 4. The van der Waals surface area contributed by atoms with Crippen LogP contribution in [0.1, 0.15) is 37.0 Å². The van der Waals surface area contributed by atoms with Crippen LogP contribution in [0.3, 0.4) is 0 Å². The predicted octanol–water partition coefficient (Wildman–Crippen LogP) is 4.00. The summed E-state index contributed by atoms with van der Waals surface area (Å²) in [5.41, 5.74) is 8.44. The molecule has 1 unspecified atom stereocenters. The van der Waals surface area contributed by atoms with E-state index in [1.165, 1.54) is 0 Å². The minimum atomic E-state index is -0.419. The standard InChI is InChI=1S/C21H26N2O3.ClH/c1-14-12-17(25-15(2)16-6-4-3-5-7-16)8-10-19(14)23-21(24)20-11-9-18(13-22)26-20;/h3-8,10,12,15,18,20H,9,11,13,22H2,1-2H3,(H,23,24);1H/t15?,18-,20+;/m1./s1. The maximum Gasteiger partial charge on any atom is 0.253 e. The van der Waals surface area contributed by atoms with Gasteiger partial charge in [-0.1, -0.05) is 30.3 Å². The van der Waals surface area contributed by atoms with Gasteiger partial charge in [-0.2, -0.15) is 0 Å². The summed E-state index contributed by atoms with van der Waals surface area (Å²) < 4.78 is 11.7. The van der Waals surface area contributed by atoms with Crippen molar-refractivity contribution in [3.63, 3.8) is 0 Å². The second-order valence-corrected chi connectivity index (χ2v) is 6.70. The van der Waals surface area contributed by atoms with Gasteiger partial charge in [-0.25, -0.2) is 0 Å². The highest BCUT2D eigenvalue weighted by molar-refractivity contribution is 5.95. The van der Waals surface area contributed by atoms with Gasteiger partial charge in [0, 0.05) is 12.2 Å². The quantitative estimate of drug-likeness (QED) is 0.781. The number of aryl methyl sites for hydroxylation is 1. The molecule has 2 aromatic rings. The van der Waals surface area contributed by atoms with Crippen molar-refractivity contribution in [1.29, 1.82) is 0 Å². The summed E-state index contributed by atoms with van der Waals surface area (Å²) >= 11 is 0. The molecule has 0 radical (unpaired) electrons. The van der Waals surface area contributed by atoms with E-state index in [0.29, 0.717) is 13.0 Å². The van der Waals surface area contributed by atoms with E-state index >= 15 is 0 Å². The zero-order chi connectivity index (χ0) is 18.5. The fourth-order valence-electron chi connectivity index (χ4n) is 3.13. The molecular formula is C21H27ClN2O3. The van der Waals surface area contributed by atoms with Crippen LogP contribution < -0.4 is 15.8 Å². The zero-order valence-corrected chi connectivity index (χ0v) is 16.5. The normalized spacial score (nSPS) is 19.8. The van der Waals surface area contributed by atoms with Gasteiger partial charge >= 0.3 is 0 Å². The second kappa shape index (κ2) is 9.74. The molecule has 3 atom stereocenters.